The third kappa shape index (κ3) is 3.70. The Bertz CT molecular complexity index is 1140. The maximum atomic E-state index is 12.3. The lowest BCUT2D eigenvalue weighted by Gasteiger charge is -2.10. The molecule has 0 saturated carbocycles. The molecule has 0 radical (unpaired) electrons. The summed E-state index contributed by atoms with van der Waals surface area (Å²) in [6.45, 7) is 5.69. The van der Waals surface area contributed by atoms with Crippen LogP contribution in [0.2, 0.25) is 0 Å². The van der Waals surface area contributed by atoms with E-state index in [9.17, 15) is 4.79 Å². The number of urea groups is 1. The average Bonchev–Trinajstić information content (AvgIpc) is 3.29. The van der Waals surface area contributed by atoms with Crippen molar-refractivity contribution in [3.8, 4) is 11.3 Å². The van der Waals surface area contributed by atoms with Gasteiger partial charge in [-0.05, 0) is 26.8 Å². The number of nitrogens with one attached hydrogen (secondary N) is 2. The SMILES string of the molecule is Cc1cc(C)n2nc(NC(=O)NC(C)c3nc(-c4ccccc4)cs3)nc2n1. The Hall–Kier alpha value is -3.33. The molecule has 0 aliphatic carbocycles. The number of rotatable bonds is 4. The summed E-state index contributed by atoms with van der Waals surface area (Å²) in [5.41, 5.74) is 3.69. The van der Waals surface area contributed by atoms with Crippen molar-refractivity contribution >= 4 is 29.1 Å². The van der Waals surface area contributed by atoms with Crippen molar-refractivity contribution < 1.29 is 4.79 Å². The Morgan fingerprint density at radius 1 is 1.14 bits per heavy atom. The first kappa shape index (κ1) is 18.1. The highest BCUT2D eigenvalue weighted by molar-refractivity contribution is 7.10. The number of benzene rings is 1. The maximum absolute atomic E-state index is 12.3. The minimum atomic E-state index is -0.394. The number of nitrogens with zero attached hydrogens (tertiary/aromatic N) is 5. The van der Waals surface area contributed by atoms with Gasteiger partial charge in [-0.1, -0.05) is 30.3 Å². The Balaban J connectivity index is 1.44. The van der Waals surface area contributed by atoms with Crippen LogP contribution in [0.15, 0.2) is 41.8 Å². The first-order chi connectivity index (χ1) is 13.5. The Labute approximate surface area is 165 Å². The molecule has 8 nitrogen and oxygen atoms in total. The Kier molecular flexibility index (Phi) is 4.74. The van der Waals surface area contributed by atoms with Gasteiger partial charge in [0.05, 0.1) is 11.7 Å². The number of thiazole rings is 1. The normalized spacial score (nSPS) is 12.1. The summed E-state index contributed by atoms with van der Waals surface area (Å²) in [7, 11) is 0. The van der Waals surface area contributed by atoms with Crippen LogP contribution in [-0.2, 0) is 0 Å². The van der Waals surface area contributed by atoms with Crippen LogP contribution in [0.3, 0.4) is 0 Å². The highest BCUT2D eigenvalue weighted by atomic mass is 32.1. The summed E-state index contributed by atoms with van der Waals surface area (Å²) in [5, 5.41) is 12.6. The molecule has 0 aliphatic rings. The molecule has 2 amide bonds. The lowest BCUT2D eigenvalue weighted by Crippen LogP contribution is -2.31. The smallest absolute Gasteiger partial charge is 0.322 e. The van der Waals surface area contributed by atoms with Gasteiger partial charge in [-0.3, -0.25) is 5.32 Å². The van der Waals surface area contributed by atoms with Crippen molar-refractivity contribution in [3.05, 3.63) is 58.2 Å². The first-order valence-electron chi connectivity index (χ1n) is 8.79. The number of hydrogen-bond donors (Lipinski definition) is 2. The van der Waals surface area contributed by atoms with E-state index in [2.05, 4.69) is 30.7 Å². The van der Waals surface area contributed by atoms with Crippen LogP contribution in [-0.4, -0.2) is 30.6 Å². The standard InChI is InChI=1S/C19H19N7OS/c1-11-9-12(2)26-18(20-11)23-17(25-26)24-19(27)21-13(3)16-22-15(10-28-16)14-7-5-4-6-8-14/h4-10,13H,1-3H3,(H2,21,24,25,27). The number of fused-ring (bicyclic) bond motifs is 1. The zero-order valence-corrected chi connectivity index (χ0v) is 16.5. The molecule has 4 aromatic rings. The molecule has 0 spiro atoms. The van der Waals surface area contributed by atoms with Crippen molar-refractivity contribution in [3.63, 3.8) is 0 Å². The van der Waals surface area contributed by atoms with E-state index in [-0.39, 0.29) is 12.0 Å². The fourth-order valence-corrected chi connectivity index (χ4v) is 3.68. The number of aryl methyl sites for hydroxylation is 2. The van der Waals surface area contributed by atoms with Crippen LogP contribution in [0.4, 0.5) is 10.7 Å². The van der Waals surface area contributed by atoms with Crippen molar-refractivity contribution in [1.29, 1.82) is 0 Å². The zero-order chi connectivity index (χ0) is 19.7. The number of anilines is 1. The molecule has 3 aromatic heterocycles. The van der Waals surface area contributed by atoms with Gasteiger partial charge in [0, 0.05) is 22.3 Å². The number of carbonyl (C=O) groups excluding carboxylic acids is 1. The van der Waals surface area contributed by atoms with E-state index in [4.69, 9.17) is 0 Å². The van der Waals surface area contributed by atoms with E-state index in [0.29, 0.717) is 5.78 Å². The highest BCUT2D eigenvalue weighted by Crippen LogP contribution is 2.25. The van der Waals surface area contributed by atoms with Gasteiger partial charge in [-0.15, -0.1) is 16.4 Å². The van der Waals surface area contributed by atoms with Gasteiger partial charge in [0.15, 0.2) is 0 Å². The van der Waals surface area contributed by atoms with Gasteiger partial charge < -0.3 is 5.32 Å². The van der Waals surface area contributed by atoms with Crippen LogP contribution < -0.4 is 10.6 Å². The van der Waals surface area contributed by atoms with Gasteiger partial charge in [-0.25, -0.2) is 14.8 Å². The second kappa shape index (κ2) is 7.35. The van der Waals surface area contributed by atoms with E-state index in [1.807, 2.05) is 62.5 Å². The van der Waals surface area contributed by atoms with E-state index in [0.717, 1.165) is 27.7 Å². The summed E-state index contributed by atoms with van der Waals surface area (Å²) in [6, 6.07) is 11.2. The molecule has 1 unspecified atom stereocenters. The molecular weight excluding hydrogens is 374 g/mol. The predicted molar refractivity (Wildman–Crippen MR) is 108 cm³/mol. The molecule has 9 heteroatoms. The third-order valence-corrected chi connectivity index (χ3v) is 5.18. The molecule has 2 N–H and O–H groups in total. The van der Waals surface area contributed by atoms with Gasteiger partial charge >= 0.3 is 6.03 Å². The minimum absolute atomic E-state index is 0.204. The average molecular weight is 393 g/mol. The number of hydrogen-bond acceptors (Lipinski definition) is 6. The van der Waals surface area contributed by atoms with Crippen molar-refractivity contribution in [2.45, 2.75) is 26.8 Å². The summed E-state index contributed by atoms with van der Waals surface area (Å²) in [6.07, 6.45) is 0. The third-order valence-electron chi connectivity index (χ3n) is 4.15. The summed E-state index contributed by atoms with van der Waals surface area (Å²) >= 11 is 1.51. The summed E-state index contributed by atoms with van der Waals surface area (Å²) in [5.74, 6) is 0.656. The van der Waals surface area contributed by atoms with E-state index in [1.54, 1.807) is 4.52 Å². The van der Waals surface area contributed by atoms with Gasteiger partial charge in [0.2, 0.25) is 0 Å². The first-order valence-corrected chi connectivity index (χ1v) is 9.67. The molecule has 3 heterocycles. The number of aromatic nitrogens is 5. The van der Waals surface area contributed by atoms with Crippen LogP contribution in [0.5, 0.6) is 0 Å². The topological polar surface area (TPSA) is 97.1 Å². The molecule has 0 aliphatic heterocycles. The molecule has 1 aromatic carbocycles. The van der Waals surface area contributed by atoms with Crippen LogP contribution in [0.1, 0.15) is 29.4 Å². The van der Waals surface area contributed by atoms with Gasteiger partial charge in [-0.2, -0.15) is 9.50 Å². The Morgan fingerprint density at radius 2 is 1.93 bits per heavy atom. The molecular formula is C19H19N7OS. The van der Waals surface area contributed by atoms with E-state index >= 15 is 0 Å². The minimum Gasteiger partial charge on any atom is -0.329 e. The second-order valence-corrected chi connectivity index (χ2v) is 7.33. The number of amides is 2. The quantitative estimate of drug-likeness (QED) is 0.550. The highest BCUT2D eigenvalue weighted by Gasteiger charge is 2.16. The molecule has 0 saturated heterocycles. The molecule has 142 valence electrons. The lowest BCUT2D eigenvalue weighted by atomic mass is 10.2. The zero-order valence-electron chi connectivity index (χ0n) is 15.7. The van der Waals surface area contributed by atoms with Crippen LogP contribution >= 0.6 is 11.3 Å². The maximum Gasteiger partial charge on any atom is 0.322 e. The van der Waals surface area contributed by atoms with Crippen LogP contribution in [0.25, 0.3) is 17.0 Å². The van der Waals surface area contributed by atoms with Crippen molar-refractivity contribution in [2.24, 2.45) is 0 Å². The van der Waals surface area contributed by atoms with Gasteiger partial charge in [0.1, 0.15) is 5.01 Å². The van der Waals surface area contributed by atoms with E-state index in [1.165, 1.54) is 11.3 Å². The molecule has 0 fully saturated rings. The Morgan fingerprint density at radius 3 is 2.71 bits per heavy atom. The van der Waals surface area contributed by atoms with Gasteiger partial charge in [0.25, 0.3) is 11.7 Å². The lowest BCUT2D eigenvalue weighted by molar-refractivity contribution is 0.249. The predicted octanol–water partition coefficient (Wildman–Crippen LogP) is 3.75. The fraction of sp³-hybridized carbons (Fsp3) is 0.211. The van der Waals surface area contributed by atoms with Crippen molar-refractivity contribution in [2.75, 3.05) is 5.32 Å². The van der Waals surface area contributed by atoms with E-state index < -0.39 is 6.03 Å². The molecule has 4 rings (SSSR count). The van der Waals surface area contributed by atoms with Crippen molar-refractivity contribution in [1.82, 2.24) is 29.9 Å². The molecule has 0 bridgehead atoms. The largest absolute Gasteiger partial charge is 0.329 e. The fourth-order valence-electron chi connectivity index (χ4n) is 2.84. The second-order valence-electron chi connectivity index (χ2n) is 6.44. The van der Waals surface area contributed by atoms with Crippen LogP contribution in [0, 0.1) is 13.8 Å². The monoisotopic (exact) mass is 393 g/mol. The molecule has 28 heavy (non-hydrogen) atoms. The summed E-state index contributed by atoms with van der Waals surface area (Å²) in [4.78, 5) is 25.5. The number of carbonyl (C=O) groups is 1. The summed E-state index contributed by atoms with van der Waals surface area (Å²) < 4.78 is 1.60. The molecule has 1 atom stereocenters.